The fourth-order valence-electron chi connectivity index (χ4n) is 1.52. The lowest BCUT2D eigenvalue weighted by Gasteiger charge is -1.99. The maximum atomic E-state index is 13.2. The van der Waals surface area contributed by atoms with Crippen LogP contribution in [0.2, 0.25) is 5.02 Å². The number of benzene rings is 1. The predicted molar refractivity (Wildman–Crippen MR) is 54.6 cm³/mol. The van der Waals surface area contributed by atoms with Crippen molar-refractivity contribution in [2.24, 2.45) is 0 Å². The lowest BCUT2D eigenvalue weighted by atomic mass is 10.1. The van der Waals surface area contributed by atoms with Gasteiger partial charge in [0, 0.05) is 17.1 Å². The van der Waals surface area contributed by atoms with Gasteiger partial charge in [-0.1, -0.05) is 11.6 Å². The van der Waals surface area contributed by atoms with Gasteiger partial charge in [0.15, 0.2) is 0 Å². The molecule has 0 aliphatic carbocycles. The summed E-state index contributed by atoms with van der Waals surface area (Å²) in [6.45, 7) is 0. The van der Waals surface area contributed by atoms with Gasteiger partial charge in [-0.05, 0) is 17.7 Å². The minimum Gasteiger partial charge on any atom is -0.481 e. The second kappa shape index (κ2) is 3.55. The molecule has 0 saturated carbocycles. The van der Waals surface area contributed by atoms with Crippen LogP contribution in [0, 0.1) is 5.82 Å². The van der Waals surface area contributed by atoms with E-state index in [9.17, 15) is 9.18 Å². The fourth-order valence-corrected chi connectivity index (χ4v) is 1.81. The topological polar surface area (TPSA) is 53.1 Å². The average Bonchev–Trinajstić information content (AvgIpc) is 2.55. The zero-order valence-corrected chi connectivity index (χ0v) is 8.31. The molecule has 0 amide bonds. The molecule has 1 heterocycles. The number of H-pyrrole nitrogens is 1. The molecule has 0 aliphatic rings. The van der Waals surface area contributed by atoms with Crippen molar-refractivity contribution in [2.75, 3.05) is 0 Å². The van der Waals surface area contributed by atoms with Crippen LogP contribution in [-0.2, 0) is 11.2 Å². The molecule has 78 valence electrons. The number of aromatic amines is 1. The van der Waals surface area contributed by atoms with Gasteiger partial charge in [-0.2, -0.15) is 0 Å². The van der Waals surface area contributed by atoms with Crippen LogP contribution >= 0.6 is 11.6 Å². The molecule has 15 heavy (non-hydrogen) atoms. The van der Waals surface area contributed by atoms with Gasteiger partial charge in [-0.25, -0.2) is 4.39 Å². The average molecular weight is 228 g/mol. The van der Waals surface area contributed by atoms with Crippen LogP contribution in [0.3, 0.4) is 0 Å². The summed E-state index contributed by atoms with van der Waals surface area (Å²) in [5.41, 5.74) is 1.12. The number of carboxylic acid groups (broad SMARTS) is 1. The van der Waals surface area contributed by atoms with E-state index in [-0.39, 0.29) is 11.4 Å². The van der Waals surface area contributed by atoms with Crippen LogP contribution in [0.25, 0.3) is 10.9 Å². The molecule has 5 heteroatoms. The number of hydrogen-bond acceptors (Lipinski definition) is 1. The molecule has 0 aliphatic heterocycles. The monoisotopic (exact) mass is 227 g/mol. The van der Waals surface area contributed by atoms with Gasteiger partial charge in [0.1, 0.15) is 5.82 Å². The Kier molecular flexibility index (Phi) is 2.36. The van der Waals surface area contributed by atoms with Crippen molar-refractivity contribution in [3.8, 4) is 0 Å². The summed E-state index contributed by atoms with van der Waals surface area (Å²) < 4.78 is 13.2. The Morgan fingerprint density at radius 3 is 2.93 bits per heavy atom. The van der Waals surface area contributed by atoms with E-state index in [4.69, 9.17) is 16.7 Å². The number of aromatic nitrogens is 1. The quantitative estimate of drug-likeness (QED) is 0.829. The molecule has 0 saturated heterocycles. The Morgan fingerprint density at radius 2 is 2.27 bits per heavy atom. The van der Waals surface area contributed by atoms with Crippen molar-refractivity contribution in [1.29, 1.82) is 0 Å². The number of hydrogen-bond donors (Lipinski definition) is 2. The summed E-state index contributed by atoms with van der Waals surface area (Å²) in [5.74, 6) is -1.52. The largest absolute Gasteiger partial charge is 0.481 e. The Bertz CT molecular complexity index is 535. The number of carboxylic acids is 1. The Balaban J connectivity index is 2.66. The number of halogens is 2. The first-order chi connectivity index (χ1) is 7.09. The van der Waals surface area contributed by atoms with Gasteiger partial charge >= 0.3 is 5.97 Å². The van der Waals surface area contributed by atoms with Gasteiger partial charge in [0.25, 0.3) is 0 Å². The molecule has 2 N–H and O–H groups in total. The van der Waals surface area contributed by atoms with Crippen LogP contribution in [0.5, 0.6) is 0 Å². The highest BCUT2D eigenvalue weighted by atomic mass is 35.5. The standard InChI is InChI=1S/C10H7ClFNO2/c11-10-6(12)1-2-7-9(10)5(4-13-7)3-8(14)15/h1-2,4,13H,3H2,(H,14,15). The van der Waals surface area contributed by atoms with E-state index in [1.807, 2.05) is 0 Å². The van der Waals surface area contributed by atoms with Crippen LogP contribution in [0.15, 0.2) is 18.3 Å². The zero-order valence-electron chi connectivity index (χ0n) is 7.55. The van der Waals surface area contributed by atoms with Gasteiger partial charge in [-0.3, -0.25) is 4.79 Å². The predicted octanol–water partition coefficient (Wildman–Crippen LogP) is 2.59. The van der Waals surface area contributed by atoms with Crippen molar-refractivity contribution >= 4 is 28.5 Å². The lowest BCUT2D eigenvalue weighted by molar-refractivity contribution is -0.136. The van der Waals surface area contributed by atoms with E-state index in [2.05, 4.69) is 4.98 Å². The zero-order chi connectivity index (χ0) is 11.0. The highest BCUT2D eigenvalue weighted by molar-refractivity contribution is 6.35. The molecule has 0 spiro atoms. The summed E-state index contributed by atoms with van der Waals surface area (Å²) in [6, 6.07) is 2.77. The van der Waals surface area contributed by atoms with E-state index in [0.29, 0.717) is 16.5 Å². The molecule has 1 aromatic carbocycles. The maximum absolute atomic E-state index is 13.2. The first-order valence-electron chi connectivity index (χ1n) is 4.25. The van der Waals surface area contributed by atoms with Crippen LogP contribution < -0.4 is 0 Å². The number of nitrogens with one attached hydrogen (secondary N) is 1. The number of rotatable bonds is 2. The highest BCUT2D eigenvalue weighted by Crippen LogP contribution is 2.29. The van der Waals surface area contributed by atoms with Gasteiger partial charge in [0.2, 0.25) is 0 Å². The van der Waals surface area contributed by atoms with Crippen molar-refractivity contribution in [3.05, 3.63) is 34.7 Å². The van der Waals surface area contributed by atoms with Crippen molar-refractivity contribution < 1.29 is 14.3 Å². The smallest absolute Gasteiger partial charge is 0.307 e. The molecule has 0 fully saturated rings. The molecular formula is C10H7ClFNO2. The lowest BCUT2D eigenvalue weighted by Crippen LogP contribution is -1.99. The number of carbonyl (C=O) groups is 1. The van der Waals surface area contributed by atoms with E-state index < -0.39 is 11.8 Å². The molecule has 3 nitrogen and oxygen atoms in total. The Hall–Kier alpha value is -1.55. The molecule has 2 aromatic rings. The molecule has 0 unspecified atom stereocenters. The second-order valence-electron chi connectivity index (χ2n) is 3.17. The van der Waals surface area contributed by atoms with E-state index >= 15 is 0 Å². The van der Waals surface area contributed by atoms with Crippen LogP contribution in [0.1, 0.15) is 5.56 Å². The van der Waals surface area contributed by atoms with Gasteiger partial charge in [0.05, 0.1) is 11.4 Å². The number of fused-ring (bicyclic) bond motifs is 1. The third-order valence-electron chi connectivity index (χ3n) is 2.16. The molecule has 0 radical (unpaired) electrons. The molecule has 0 atom stereocenters. The molecule has 1 aromatic heterocycles. The minimum atomic E-state index is -0.976. The molecular weight excluding hydrogens is 221 g/mol. The summed E-state index contributed by atoms with van der Waals surface area (Å²) in [5, 5.41) is 9.06. The summed E-state index contributed by atoms with van der Waals surface area (Å²) >= 11 is 5.77. The Labute approximate surface area is 89.5 Å². The molecule has 0 bridgehead atoms. The van der Waals surface area contributed by atoms with Crippen molar-refractivity contribution in [1.82, 2.24) is 4.98 Å². The number of aliphatic carboxylic acids is 1. The molecule has 2 rings (SSSR count). The highest BCUT2D eigenvalue weighted by Gasteiger charge is 2.13. The van der Waals surface area contributed by atoms with E-state index in [1.165, 1.54) is 18.3 Å². The fraction of sp³-hybridized carbons (Fsp3) is 0.100. The minimum absolute atomic E-state index is 0.0370. The second-order valence-corrected chi connectivity index (χ2v) is 3.55. The third-order valence-corrected chi connectivity index (χ3v) is 2.53. The third kappa shape index (κ3) is 1.68. The first kappa shape index (κ1) is 9.98. The van der Waals surface area contributed by atoms with Gasteiger partial charge < -0.3 is 10.1 Å². The van der Waals surface area contributed by atoms with Crippen LogP contribution in [0.4, 0.5) is 4.39 Å². The Morgan fingerprint density at radius 1 is 1.53 bits per heavy atom. The SMILES string of the molecule is O=C(O)Cc1c[nH]c2ccc(F)c(Cl)c12. The van der Waals surface area contributed by atoms with E-state index in [0.717, 1.165) is 0 Å². The maximum Gasteiger partial charge on any atom is 0.307 e. The van der Waals surface area contributed by atoms with Crippen molar-refractivity contribution in [3.63, 3.8) is 0 Å². The normalized spacial score (nSPS) is 10.8. The summed E-state index contributed by atoms with van der Waals surface area (Å²) in [6.07, 6.45) is 1.35. The van der Waals surface area contributed by atoms with E-state index in [1.54, 1.807) is 0 Å². The van der Waals surface area contributed by atoms with Crippen LogP contribution in [-0.4, -0.2) is 16.1 Å². The van der Waals surface area contributed by atoms with Gasteiger partial charge in [-0.15, -0.1) is 0 Å². The van der Waals surface area contributed by atoms with Crippen molar-refractivity contribution in [2.45, 2.75) is 6.42 Å². The first-order valence-corrected chi connectivity index (χ1v) is 4.63. The summed E-state index contributed by atoms with van der Waals surface area (Å²) in [4.78, 5) is 13.4. The summed E-state index contributed by atoms with van der Waals surface area (Å²) in [7, 11) is 0.